The molecule has 0 aliphatic heterocycles. The Morgan fingerprint density at radius 1 is 0.919 bits per heavy atom. The van der Waals surface area contributed by atoms with E-state index in [-0.39, 0.29) is 29.4 Å². The molecule has 8 heteroatoms. The van der Waals surface area contributed by atoms with E-state index < -0.39 is 0 Å². The Labute approximate surface area is 230 Å². The number of carbonyl (C=O) groups is 2. The van der Waals surface area contributed by atoms with Gasteiger partial charge in [0.2, 0.25) is 5.91 Å². The van der Waals surface area contributed by atoms with Crippen molar-refractivity contribution in [2.45, 2.75) is 31.8 Å². The molecular formula is C29H26Cl3N3O2. The van der Waals surface area contributed by atoms with E-state index in [0.29, 0.717) is 35.1 Å². The average molecular weight is 555 g/mol. The summed E-state index contributed by atoms with van der Waals surface area (Å²) in [7, 11) is 0. The monoisotopic (exact) mass is 553 g/mol. The second-order valence-corrected chi connectivity index (χ2v) is 10.6. The number of aromatic nitrogens is 1. The minimum atomic E-state index is -0.249. The van der Waals surface area contributed by atoms with Gasteiger partial charge < -0.3 is 14.8 Å². The van der Waals surface area contributed by atoms with Gasteiger partial charge in [0.15, 0.2) is 0 Å². The van der Waals surface area contributed by atoms with Crippen LogP contribution in [0.25, 0.3) is 10.9 Å². The van der Waals surface area contributed by atoms with Gasteiger partial charge in [0.1, 0.15) is 6.54 Å². The quantitative estimate of drug-likeness (QED) is 0.242. The summed E-state index contributed by atoms with van der Waals surface area (Å²) in [6.07, 6.45) is 4.43. The zero-order chi connectivity index (χ0) is 25.9. The van der Waals surface area contributed by atoms with E-state index in [1.54, 1.807) is 23.1 Å². The number of carbonyl (C=O) groups excluding carboxylic acids is 2. The fourth-order valence-electron chi connectivity index (χ4n) is 4.51. The minimum absolute atomic E-state index is 0.00999. The van der Waals surface area contributed by atoms with Gasteiger partial charge in [-0.3, -0.25) is 9.59 Å². The smallest absolute Gasteiger partial charge is 0.256 e. The Kier molecular flexibility index (Phi) is 7.75. The van der Waals surface area contributed by atoms with Crippen LogP contribution in [0.4, 0.5) is 0 Å². The zero-order valence-electron chi connectivity index (χ0n) is 20.1. The molecule has 1 saturated carbocycles. The first-order valence-corrected chi connectivity index (χ1v) is 13.4. The van der Waals surface area contributed by atoms with Crippen LogP contribution >= 0.6 is 34.8 Å². The second kappa shape index (κ2) is 11.2. The molecule has 37 heavy (non-hydrogen) atoms. The maximum Gasteiger partial charge on any atom is 0.256 e. The maximum absolute atomic E-state index is 13.7. The Hall–Kier alpha value is -2.99. The Morgan fingerprint density at radius 3 is 2.38 bits per heavy atom. The second-order valence-electron chi connectivity index (χ2n) is 9.34. The van der Waals surface area contributed by atoms with Gasteiger partial charge >= 0.3 is 0 Å². The average Bonchev–Trinajstić information content (AvgIpc) is 3.65. The summed E-state index contributed by atoms with van der Waals surface area (Å²) in [5.41, 5.74) is 3.54. The van der Waals surface area contributed by atoms with E-state index in [2.05, 4.69) is 11.1 Å². The minimum Gasteiger partial charge on any atom is -0.361 e. The van der Waals surface area contributed by atoms with Gasteiger partial charge in [0.05, 0.1) is 10.6 Å². The van der Waals surface area contributed by atoms with Crippen LogP contribution in [0.2, 0.25) is 15.1 Å². The lowest BCUT2D eigenvalue weighted by Crippen LogP contribution is -2.44. The van der Waals surface area contributed by atoms with Crippen molar-refractivity contribution in [3.8, 4) is 0 Å². The lowest BCUT2D eigenvalue weighted by Gasteiger charge is -2.28. The predicted molar refractivity (Wildman–Crippen MR) is 149 cm³/mol. The number of para-hydroxylation sites is 1. The SMILES string of the molecule is O=C(CN(C(=O)c1ccc(Cl)cc1Cl)C1CC1)N(CCc1c[nH]c2ccccc12)Cc1ccc(Cl)cc1. The van der Waals surface area contributed by atoms with Gasteiger partial charge in [-0.2, -0.15) is 0 Å². The molecule has 1 aliphatic carbocycles. The number of hydrogen-bond donors (Lipinski definition) is 1. The van der Waals surface area contributed by atoms with E-state index in [1.165, 1.54) is 0 Å². The normalized spacial score (nSPS) is 13.1. The first-order valence-electron chi connectivity index (χ1n) is 12.2. The van der Waals surface area contributed by atoms with Gasteiger partial charge in [-0.05, 0) is 66.8 Å². The molecule has 0 unspecified atom stereocenters. The van der Waals surface area contributed by atoms with Crippen molar-refractivity contribution in [1.82, 2.24) is 14.8 Å². The number of nitrogens with zero attached hydrogens (tertiary/aromatic N) is 2. The number of H-pyrrole nitrogens is 1. The van der Waals surface area contributed by atoms with Crippen molar-refractivity contribution in [2.75, 3.05) is 13.1 Å². The topological polar surface area (TPSA) is 56.4 Å². The number of hydrogen-bond acceptors (Lipinski definition) is 2. The van der Waals surface area contributed by atoms with Crippen molar-refractivity contribution < 1.29 is 9.59 Å². The summed E-state index contributed by atoms with van der Waals surface area (Å²) >= 11 is 18.4. The molecule has 1 N–H and O–H groups in total. The largest absolute Gasteiger partial charge is 0.361 e. The van der Waals surface area contributed by atoms with Crippen LogP contribution in [0.5, 0.6) is 0 Å². The van der Waals surface area contributed by atoms with E-state index in [4.69, 9.17) is 34.8 Å². The van der Waals surface area contributed by atoms with Crippen LogP contribution in [0, 0.1) is 0 Å². The Bertz CT molecular complexity index is 1430. The highest BCUT2D eigenvalue weighted by Crippen LogP contribution is 2.31. The summed E-state index contributed by atoms with van der Waals surface area (Å²) in [5.74, 6) is -0.360. The molecule has 0 bridgehead atoms. The van der Waals surface area contributed by atoms with Crippen LogP contribution < -0.4 is 0 Å². The number of nitrogens with one attached hydrogen (secondary N) is 1. The molecule has 190 valence electrons. The van der Waals surface area contributed by atoms with Crippen LogP contribution in [-0.4, -0.2) is 45.7 Å². The highest BCUT2D eigenvalue weighted by atomic mass is 35.5. The highest BCUT2D eigenvalue weighted by molar-refractivity contribution is 6.36. The number of benzene rings is 3. The van der Waals surface area contributed by atoms with Crippen molar-refractivity contribution in [1.29, 1.82) is 0 Å². The van der Waals surface area contributed by atoms with Crippen LogP contribution in [0.15, 0.2) is 72.9 Å². The molecule has 0 saturated heterocycles. The first kappa shape index (κ1) is 25.7. The summed E-state index contributed by atoms with van der Waals surface area (Å²) in [6, 6.07) is 20.5. The predicted octanol–water partition coefficient (Wildman–Crippen LogP) is 7.00. The zero-order valence-corrected chi connectivity index (χ0v) is 22.4. The molecule has 1 aromatic heterocycles. The van der Waals surface area contributed by atoms with E-state index >= 15 is 0 Å². The number of fused-ring (bicyclic) bond motifs is 1. The third-order valence-electron chi connectivity index (χ3n) is 6.68. The van der Waals surface area contributed by atoms with Gasteiger partial charge in [-0.15, -0.1) is 0 Å². The van der Waals surface area contributed by atoms with Gasteiger partial charge in [0, 0.05) is 46.3 Å². The van der Waals surface area contributed by atoms with Crippen LogP contribution in [-0.2, 0) is 17.8 Å². The standard InChI is InChI=1S/C29H26Cl3N3O2/c30-21-7-5-19(6-8-21)17-34(14-13-20-16-33-27-4-2-1-3-24(20)27)28(36)18-35(23-10-11-23)29(37)25-12-9-22(31)15-26(25)32/h1-9,12,15-16,23,33H,10-11,13-14,17-18H2. The van der Waals surface area contributed by atoms with Gasteiger partial charge in [-0.1, -0.05) is 65.1 Å². The lowest BCUT2D eigenvalue weighted by molar-refractivity contribution is -0.132. The first-order chi connectivity index (χ1) is 17.9. The summed E-state index contributed by atoms with van der Waals surface area (Å²) in [5, 5.41) is 2.54. The third kappa shape index (κ3) is 6.12. The van der Waals surface area contributed by atoms with Crippen molar-refractivity contribution in [3.05, 3.63) is 105 Å². The number of amides is 2. The summed E-state index contributed by atoms with van der Waals surface area (Å²) < 4.78 is 0. The fraction of sp³-hybridized carbons (Fsp3) is 0.241. The number of aromatic amines is 1. The van der Waals surface area contributed by atoms with Crippen molar-refractivity contribution >= 4 is 57.5 Å². The van der Waals surface area contributed by atoms with Crippen LogP contribution in [0.3, 0.4) is 0 Å². The molecule has 5 nitrogen and oxygen atoms in total. The maximum atomic E-state index is 13.7. The van der Waals surface area contributed by atoms with E-state index in [1.807, 2.05) is 53.6 Å². The van der Waals surface area contributed by atoms with Crippen LogP contribution in [0.1, 0.15) is 34.3 Å². The fourth-order valence-corrected chi connectivity index (χ4v) is 5.13. The molecule has 1 aliphatic rings. The van der Waals surface area contributed by atoms with Gasteiger partial charge in [-0.25, -0.2) is 0 Å². The number of rotatable bonds is 9. The third-order valence-corrected chi connectivity index (χ3v) is 7.48. The molecule has 0 spiro atoms. The van der Waals surface area contributed by atoms with E-state index in [0.717, 1.165) is 34.9 Å². The molecule has 2 amide bonds. The highest BCUT2D eigenvalue weighted by Gasteiger charge is 2.36. The summed E-state index contributed by atoms with van der Waals surface area (Å²) in [4.78, 5) is 33.9. The lowest BCUT2D eigenvalue weighted by atomic mass is 10.1. The van der Waals surface area contributed by atoms with E-state index in [9.17, 15) is 9.59 Å². The molecule has 3 aromatic carbocycles. The molecular weight excluding hydrogens is 529 g/mol. The Balaban J connectivity index is 1.36. The molecule has 5 rings (SSSR count). The van der Waals surface area contributed by atoms with Crippen molar-refractivity contribution in [2.24, 2.45) is 0 Å². The number of halogens is 3. The molecule has 4 aromatic rings. The van der Waals surface area contributed by atoms with Crippen molar-refractivity contribution in [3.63, 3.8) is 0 Å². The molecule has 1 fully saturated rings. The van der Waals surface area contributed by atoms with Gasteiger partial charge in [0.25, 0.3) is 5.91 Å². The molecule has 0 atom stereocenters. The molecule has 1 heterocycles. The Morgan fingerprint density at radius 2 is 1.65 bits per heavy atom. The molecule has 0 radical (unpaired) electrons. The summed E-state index contributed by atoms with van der Waals surface area (Å²) in [6.45, 7) is 0.925.